The first-order chi connectivity index (χ1) is 15.9. The number of halogens is 3. The van der Waals surface area contributed by atoms with Crippen LogP contribution in [0.5, 0.6) is 0 Å². The number of alkyl halides is 3. The van der Waals surface area contributed by atoms with E-state index in [0.29, 0.717) is 13.1 Å². The van der Waals surface area contributed by atoms with Crippen LogP contribution in [0.2, 0.25) is 0 Å². The maximum Gasteiger partial charge on any atom is 0.439 e. The molecule has 3 rings (SSSR count). The number of carbonyl (C=O) groups is 2. The van der Waals surface area contributed by atoms with Crippen LogP contribution in [0, 0.1) is 6.92 Å². The first-order valence-corrected chi connectivity index (χ1v) is 12.4. The summed E-state index contributed by atoms with van der Waals surface area (Å²) in [4.78, 5) is 25.9. The first kappa shape index (κ1) is 25.4. The van der Waals surface area contributed by atoms with Crippen molar-refractivity contribution in [2.24, 2.45) is 4.36 Å². The Balaban J connectivity index is 2.04. The van der Waals surface area contributed by atoms with Gasteiger partial charge in [-0.15, -0.1) is 14.6 Å². The summed E-state index contributed by atoms with van der Waals surface area (Å²) in [7, 11) is -3.30. The summed E-state index contributed by atoms with van der Waals surface area (Å²) in [5.41, 5.74) is -1.73. The Hall–Kier alpha value is -3.22. The summed E-state index contributed by atoms with van der Waals surface area (Å²) >= 11 is 0. The number of nitrogens with zero attached hydrogens (tertiary/aromatic N) is 4. The molecule has 1 unspecified atom stereocenters. The van der Waals surface area contributed by atoms with Gasteiger partial charge in [0.2, 0.25) is 0 Å². The van der Waals surface area contributed by atoms with Gasteiger partial charge in [-0.25, -0.2) is 9.00 Å². The molecule has 1 aliphatic heterocycles. The van der Waals surface area contributed by atoms with Crippen LogP contribution in [0.25, 0.3) is 0 Å². The van der Waals surface area contributed by atoms with Crippen LogP contribution >= 0.6 is 0 Å². The van der Waals surface area contributed by atoms with E-state index >= 15 is 0 Å². The molecule has 2 aromatic rings. The third-order valence-electron chi connectivity index (χ3n) is 5.38. The zero-order valence-corrected chi connectivity index (χ0v) is 19.4. The normalized spacial score (nSPS) is 16.3. The minimum Gasteiger partial charge on any atom is -0.463 e. The summed E-state index contributed by atoms with van der Waals surface area (Å²) in [6, 6.07) is 5.53. The van der Waals surface area contributed by atoms with Crippen molar-refractivity contribution in [3.8, 4) is 0 Å². The maximum atomic E-state index is 13.5. The van der Waals surface area contributed by atoms with Crippen molar-refractivity contribution in [1.29, 1.82) is 0 Å². The fourth-order valence-electron chi connectivity index (χ4n) is 3.76. The number of carbonyl (C=O) groups excluding carboxylic acids is 1. The van der Waals surface area contributed by atoms with Crippen LogP contribution in [0.4, 0.5) is 29.5 Å². The van der Waals surface area contributed by atoms with Crippen LogP contribution in [0.15, 0.2) is 33.5 Å². The van der Waals surface area contributed by atoms with Crippen molar-refractivity contribution < 1.29 is 32.1 Å². The van der Waals surface area contributed by atoms with Gasteiger partial charge in [-0.3, -0.25) is 4.79 Å². The number of aromatic nitrogens is 2. The third kappa shape index (κ3) is 5.82. The van der Waals surface area contributed by atoms with E-state index in [9.17, 15) is 27.0 Å². The van der Waals surface area contributed by atoms with E-state index in [2.05, 4.69) is 19.9 Å². The topological polar surface area (TPSA) is 125 Å². The van der Waals surface area contributed by atoms with Gasteiger partial charge in [0, 0.05) is 29.9 Å². The zero-order valence-electron chi connectivity index (χ0n) is 18.6. The molecule has 1 aromatic carbocycles. The van der Waals surface area contributed by atoms with Crippen molar-refractivity contribution in [3.63, 3.8) is 0 Å². The van der Waals surface area contributed by atoms with Gasteiger partial charge in [-0.1, -0.05) is 18.9 Å². The molecule has 0 aliphatic carbocycles. The Kier molecular flexibility index (Phi) is 7.44. The van der Waals surface area contributed by atoms with Crippen LogP contribution in [-0.4, -0.2) is 50.9 Å². The van der Waals surface area contributed by atoms with Gasteiger partial charge in [0.05, 0.1) is 15.3 Å². The maximum absolute atomic E-state index is 13.5. The molecule has 0 bridgehead atoms. The molecule has 1 atom stereocenters. The minimum atomic E-state index is -4.80. The molecule has 0 saturated carbocycles. The lowest BCUT2D eigenvalue weighted by Gasteiger charge is -2.25. The molecule has 0 radical (unpaired) electrons. The van der Waals surface area contributed by atoms with Gasteiger partial charge in [-0.05, 0) is 43.5 Å². The fourth-order valence-corrected chi connectivity index (χ4v) is 4.84. The van der Waals surface area contributed by atoms with Crippen molar-refractivity contribution in [1.82, 2.24) is 10.2 Å². The van der Waals surface area contributed by atoms with E-state index in [0.717, 1.165) is 31.9 Å². The number of carboxylic acid groups (broad SMARTS) is 1. The summed E-state index contributed by atoms with van der Waals surface area (Å²) in [6.07, 6.45) is -1.72. The number of hydrogen-bond donors (Lipinski definition) is 2. The standard InChI is InChI=1S/C21H24F3N5O4S/c1-13-16(18(27-26-17(13)21(22,23)24)29-10-5-3-4-6-11-29)19(30)25-14-8-7-9-15(12-14)34(2,33)28-20(31)32/h7-9,12H,3-6,10-11H2,1-2H3,(H,25,30)(H,31,32). The lowest BCUT2D eigenvalue weighted by atomic mass is 10.1. The molecule has 1 fully saturated rings. The highest BCUT2D eigenvalue weighted by Gasteiger charge is 2.38. The number of amides is 2. The first-order valence-electron chi connectivity index (χ1n) is 10.5. The van der Waals surface area contributed by atoms with Gasteiger partial charge in [0.25, 0.3) is 5.91 Å². The molecular weight excluding hydrogens is 475 g/mol. The second kappa shape index (κ2) is 9.95. The van der Waals surface area contributed by atoms with Gasteiger partial charge in [0.15, 0.2) is 11.5 Å². The quantitative estimate of drug-likeness (QED) is 0.631. The monoisotopic (exact) mass is 499 g/mol. The predicted octanol–water partition coefficient (Wildman–Crippen LogP) is 4.57. The summed E-state index contributed by atoms with van der Waals surface area (Å²) < 4.78 is 56.3. The van der Waals surface area contributed by atoms with Crippen molar-refractivity contribution in [3.05, 3.63) is 41.1 Å². The van der Waals surface area contributed by atoms with E-state index in [1.165, 1.54) is 31.2 Å². The molecule has 184 valence electrons. The number of nitrogens with one attached hydrogen (secondary N) is 1. The second-order valence-corrected chi connectivity index (χ2v) is 10.2. The van der Waals surface area contributed by atoms with Crippen LogP contribution in [0.1, 0.15) is 47.3 Å². The summed E-state index contributed by atoms with van der Waals surface area (Å²) in [6.45, 7) is 2.24. The largest absolute Gasteiger partial charge is 0.463 e. The van der Waals surface area contributed by atoms with Gasteiger partial charge >= 0.3 is 12.3 Å². The highest BCUT2D eigenvalue weighted by molar-refractivity contribution is 7.93. The summed E-state index contributed by atoms with van der Waals surface area (Å²) in [5.74, 6) is -0.770. The van der Waals surface area contributed by atoms with E-state index < -0.39 is 33.6 Å². The number of rotatable bonds is 4. The van der Waals surface area contributed by atoms with Gasteiger partial charge in [-0.2, -0.15) is 13.2 Å². The molecule has 1 saturated heterocycles. The average molecular weight is 500 g/mol. The van der Waals surface area contributed by atoms with E-state index in [-0.39, 0.29) is 27.5 Å². The molecule has 13 heteroatoms. The van der Waals surface area contributed by atoms with Gasteiger partial charge < -0.3 is 15.3 Å². The average Bonchev–Trinajstić information content (AvgIpc) is 3.01. The van der Waals surface area contributed by atoms with E-state index in [4.69, 9.17) is 5.11 Å². The Morgan fingerprint density at radius 1 is 1.15 bits per heavy atom. The lowest BCUT2D eigenvalue weighted by Crippen LogP contribution is -2.30. The van der Waals surface area contributed by atoms with Crippen LogP contribution in [-0.2, 0) is 15.9 Å². The van der Waals surface area contributed by atoms with Crippen LogP contribution < -0.4 is 10.2 Å². The molecule has 1 aromatic heterocycles. The van der Waals surface area contributed by atoms with Crippen LogP contribution in [0.3, 0.4) is 0 Å². The molecular formula is C21H24F3N5O4S. The molecule has 2 N–H and O–H groups in total. The Labute approximate surface area is 194 Å². The number of anilines is 2. The third-order valence-corrected chi connectivity index (χ3v) is 7.01. The Morgan fingerprint density at radius 2 is 1.79 bits per heavy atom. The zero-order chi connectivity index (χ0) is 25.1. The molecule has 9 nitrogen and oxygen atoms in total. The molecule has 1 aliphatic rings. The Bertz CT molecular complexity index is 1220. The van der Waals surface area contributed by atoms with Gasteiger partial charge in [0.1, 0.15) is 0 Å². The van der Waals surface area contributed by atoms with E-state index in [1.807, 2.05) is 0 Å². The number of benzene rings is 1. The summed E-state index contributed by atoms with van der Waals surface area (Å²) in [5, 5.41) is 18.5. The van der Waals surface area contributed by atoms with E-state index in [1.54, 1.807) is 4.90 Å². The molecule has 2 amide bonds. The smallest absolute Gasteiger partial charge is 0.439 e. The lowest BCUT2D eigenvalue weighted by molar-refractivity contribution is -0.142. The van der Waals surface area contributed by atoms with Crippen molar-refractivity contribution in [2.45, 2.75) is 43.7 Å². The molecule has 2 heterocycles. The molecule has 0 spiro atoms. The predicted molar refractivity (Wildman–Crippen MR) is 120 cm³/mol. The highest BCUT2D eigenvalue weighted by atomic mass is 32.2. The van der Waals surface area contributed by atoms with Crippen molar-refractivity contribution in [2.75, 3.05) is 29.6 Å². The van der Waals surface area contributed by atoms with Crippen molar-refractivity contribution >= 4 is 33.2 Å². The highest BCUT2D eigenvalue weighted by Crippen LogP contribution is 2.34. The fraction of sp³-hybridized carbons (Fsp3) is 0.429. The second-order valence-electron chi connectivity index (χ2n) is 7.93. The minimum absolute atomic E-state index is 0.0426. The Morgan fingerprint density at radius 3 is 2.38 bits per heavy atom. The molecule has 34 heavy (non-hydrogen) atoms. The SMILES string of the molecule is Cc1c(C(F)(F)F)nnc(N2CCCCCC2)c1C(=O)Nc1cccc(S(C)(=O)=NC(=O)O)c1. The number of hydrogen-bond acceptors (Lipinski definition) is 6.